The number of fused-ring (bicyclic) bond motifs is 1. The van der Waals surface area contributed by atoms with Gasteiger partial charge in [0, 0.05) is 17.7 Å². The van der Waals surface area contributed by atoms with Crippen LogP contribution >= 0.6 is 0 Å². The van der Waals surface area contributed by atoms with E-state index in [1.165, 1.54) is 35.5 Å². The van der Waals surface area contributed by atoms with Crippen LogP contribution in [0.1, 0.15) is 39.2 Å². The van der Waals surface area contributed by atoms with Gasteiger partial charge in [-0.05, 0) is 45.7 Å². The molecule has 4 amide bonds. The second-order valence-corrected chi connectivity index (χ2v) is 10.1. The SMILES string of the molecule is CC(C)(C)OC(=O)N(C1=NC(c2cccc(OC(F)(F)F)c2)=C[N+]2=C(/C=C3\NC(=O)NC3=O)C=NC12)C1CC1. The van der Waals surface area contributed by atoms with Gasteiger partial charge in [0.1, 0.15) is 29.0 Å². The Morgan fingerprint density at radius 3 is 2.54 bits per heavy atom. The fourth-order valence-corrected chi connectivity index (χ4v) is 4.09. The molecular weight excluding hydrogens is 521 g/mol. The predicted octanol–water partition coefficient (Wildman–Crippen LogP) is 3.28. The molecule has 2 fully saturated rings. The van der Waals surface area contributed by atoms with Gasteiger partial charge in [0.05, 0.1) is 0 Å². The average Bonchev–Trinajstić information content (AvgIpc) is 3.47. The van der Waals surface area contributed by atoms with Gasteiger partial charge < -0.3 is 14.8 Å². The minimum atomic E-state index is -4.89. The van der Waals surface area contributed by atoms with E-state index in [2.05, 4.69) is 25.4 Å². The van der Waals surface area contributed by atoms with E-state index in [0.717, 1.165) is 6.07 Å². The number of ether oxygens (including phenoxy) is 2. The fraction of sp³-hybridized carbons (Fsp3) is 0.360. The van der Waals surface area contributed by atoms with Crippen molar-refractivity contribution in [3.63, 3.8) is 0 Å². The molecule has 0 radical (unpaired) electrons. The van der Waals surface area contributed by atoms with Crippen molar-refractivity contribution in [2.45, 2.75) is 57.8 Å². The number of alkyl halides is 3. The molecule has 39 heavy (non-hydrogen) atoms. The maximum absolute atomic E-state index is 13.3. The summed E-state index contributed by atoms with van der Waals surface area (Å²) >= 11 is 0. The molecule has 1 aromatic carbocycles. The number of halogens is 3. The summed E-state index contributed by atoms with van der Waals surface area (Å²) in [5, 5.41) is 4.51. The summed E-state index contributed by atoms with van der Waals surface area (Å²) in [6.45, 7) is 5.19. The number of hydrogen-bond acceptors (Lipinski definition) is 7. The largest absolute Gasteiger partial charge is 0.573 e. The molecule has 0 spiro atoms. The van der Waals surface area contributed by atoms with Gasteiger partial charge in [0.2, 0.25) is 11.5 Å². The van der Waals surface area contributed by atoms with Crippen LogP contribution < -0.4 is 15.4 Å². The second kappa shape index (κ2) is 9.36. The van der Waals surface area contributed by atoms with Crippen molar-refractivity contribution in [2.75, 3.05) is 0 Å². The van der Waals surface area contributed by atoms with Gasteiger partial charge in [0.25, 0.3) is 5.91 Å². The first-order chi connectivity index (χ1) is 18.3. The summed E-state index contributed by atoms with van der Waals surface area (Å²) in [6.07, 6.45) is -0.555. The summed E-state index contributed by atoms with van der Waals surface area (Å²) in [7, 11) is 0. The van der Waals surface area contributed by atoms with Gasteiger partial charge in [-0.1, -0.05) is 12.1 Å². The Morgan fingerprint density at radius 1 is 1.18 bits per heavy atom. The summed E-state index contributed by atoms with van der Waals surface area (Å²) < 4.78 is 49.9. The third kappa shape index (κ3) is 5.84. The molecule has 2 N–H and O–H groups in total. The number of urea groups is 1. The van der Waals surface area contributed by atoms with Crippen molar-refractivity contribution in [2.24, 2.45) is 9.98 Å². The Kier molecular flexibility index (Phi) is 6.27. The van der Waals surface area contributed by atoms with E-state index in [4.69, 9.17) is 4.74 Å². The van der Waals surface area contributed by atoms with Crippen molar-refractivity contribution in [3.05, 3.63) is 47.8 Å². The van der Waals surface area contributed by atoms with Crippen LogP contribution in [0.4, 0.5) is 22.8 Å². The Bertz CT molecular complexity index is 1420. The van der Waals surface area contributed by atoms with Crippen LogP contribution in [0.15, 0.2) is 52.2 Å². The van der Waals surface area contributed by atoms with E-state index in [-0.39, 0.29) is 28.8 Å². The Hall–Kier alpha value is -4.49. The Labute approximate surface area is 220 Å². The number of hydrogen-bond donors (Lipinski definition) is 2. The van der Waals surface area contributed by atoms with E-state index in [1.54, 1.807) is 31.4 Å². The van der Waals surface area contributed by atoms with Crippen LogP contribution in [-0.2, 0) is 9.53 Å². The third-order valence-electron chi connectivity index (χ3n) is 5.76. The topological polar surface area (TPSA) is 125 Å². The van der Waals surface area contributed by atoms with Crippen LogP contribution in [0.25, 0.3) is 5.70 Å². The maximum atomic E-state index is 13.3. The van der Waals surface area contributed by atoms with E-state index in [9.17, 15) is 27.6 Å². The fourth-order valence-electron chi connectivity index (χ4n) is 4.09. The third-order valence-corrected chi connectivity index (χ3v) is 5.76. The van der Waals surface area contributed by atoms with Crippen LogP contribution in [0.2, 0.25) is 0 Å². The first-order valence-electron chi connectivity index (χ1n) is 12.0. The van der Waals surface area contributed by atoms with Crippen molar-refractivity contribution in [1.29, 1.82) is 0 Å². The summed E-state index contributed by atoms with van der Waals surface area (Å²) in [5.41, 5.74) is 0.0473. The summed E-state index contributed by atoms with van der Waals surface area (Å²) in [6, 6.07) is 4.39. The maximum Gasteiger partial charge on any atom is 0.573 e. The lowest BCUT2D eigenvalue weighted by Crippen LogP contribution is -2.49. The lowest BCUT2D eigenvalue weighted by Gasteiger charge is -2.29. The predicted molar refractivity (Wildman–Crippen MR) is 132 cm³/mol. The zero-order valence-electron chi connectivity index (χ0n) is 21.1. The lowest BCUT2D eigenvalue weighted by molar-refractivity contribution is -0.473. The molecule has 1 aromatic rings. The van der Waals surface area contributed by atoms with Gasteiger partial charge in [-0.15, -0.1) is 13.2 Å². The molecular formula is C25H24F3N6O5+. The number of nitrogens with one attached hydrogen (secondary N) is 2. The number of rotatable bonds is 4. The summed E-state index contributed by atoms with van der Waals surface area (Å²) in [4.78, 5) is 47.6. The number of carbonyl (C=O) groups is 3. The molecule has 204 valence electrons. The quantitative estimate of drug-likeness (QED) is 0.341. The number of aliphatic imine (C=N–C) groups is 2. The van der Waals surface area contributed by atoms with E-state index in [0.29, 0.717) is 18.6 Å². The van der Waals surface area contributed by atoms with Crippen LogP contribution in [0.3, 0.4) is 0 Å². The van der Waals surface area contributed by atoms with Gasteiger partial charge in [-0.3, -0.25) is 15.0 Å². The number of benzene rings is 1. The van der Waals surface area contributed by atoms with Crippen molar-refractivity contribution >= 4 is 41.5 Å². The van der Waals surface area contributed by atoms with Crippen LogP contribution in [0.5, 0.6) is 5.75 Å². The number of carbonyl (C=O) groups excluding carboxylic acids is 3. The number of imide groups is 1. The number of allylic oxidation sites excluding steroid dienone is 1. The smallest absolute Gasteiger partial charge is 0.443 e. The molecule has 5 rings (SSSR count). The van der Waals surface area contributed by atoms with Crippen molar-refractivity contribution in [3.8, 4) is 5.75 Å². The molecule has 0 bridgehead atoms. The Morgan fingerprint density at radius 2 is 1.92 bits per heavy atom. The molecule has 4 aliphatic rings. The minimum Gasteiger partial charge on any atom is -0.443 e. The highest BCUT2D eigenvalue weighted by Gasteiger charge is 2.47. The molecule has 3 heterocycles. The molecule has 14 heteroatoms. The van der Waals surface area contributed by atoms with Gasteiger partial charge >= 0.3 is 24.7 Å². The van der Waals surface area contributed by atoms with Crippen LogP contribution in [0, 0.1) is 0 Å². The van der Waals surface area contributed by atoms with E-state index < -0.39 is 41.9 Å². The first kappa shape index (κ1) is 26.1. The molecule has 1 atom stereocenters. The monoisotopic (exact) mass is 545 g/mol. The molecule has 0 aromatic heterocycles. The number of amidine groups is 1. The highest BCUT2D eigenvalue weighted by Crippen LogP contribution is 2.34. The standard InChI is InChI=1S/C25H23F3N6O5/c1-24(2,3)39-23(37)34(14-7-8-14)20-19-29-11-15(10-17-21(35)32-22(36)31-17)33(19)12-18(30-20)13-5-4-6-16(9-13)38-25(26,27)28/h4-6,9-12,14,19H,7-8H2,1-3H3,(H,32,35,36)/p+1. The zero-order valence-corrected chi connectivity index (χ0v) is 21.1. The van der Waals surface area contributed by atoms with E-state index in [1.807, 2.05) is 0 Å². The Balaban J connectivity index is 1.61. The molecule has 3 aliphatic heterocycles. The second-order valence-electron chi connectivity index (χ2n) is 10.1. The molecule has 11 nitrogen and oxygen atoms in total. The normalized spacial score (nSPS) is 21.8. The average molecular weight is 545 g/mol. The van der Waals surface area contributed by atoms with Crippen molar-refractivity contribution in [1.82, 2.24) is 15.5 Å². The van der Waals surface area contributed by atoms with Gasteiger partial charge in [0.15, 0.2) is 6.20 Å². The lowest BCUT2D eigenvalue weighted by atomic mass is 10.1. The van der Waals surface area contributed by atoms with E-state index >= 15 is 0 Å². The molecule has 1 aliphatic carbocycles. The molecule has 1 unspecified atom stereocenters. The highest BCUT2D eigenvalue weighted by atomic mass is 19.4. The van der Waals surface area contributed by atoms with Gasteiger partial charge in [-0.25, -0.2) is 19.6 Å². The zero-order chi connectivity index (χ0) is 28.1. The van der Waals surface area contributed by atoms with Gasteiger partial charge in [-0.2, -0.15) is 4.58 Å². The van der Waals surface area contributed by atoms with Crippen LogP contribution in [-0.4, -0.2) is 69.4 Å². The highest BCUT2D eigenvalue weighted by molar-refractivity contribution is 6.36. The number of nitrogens with zero attached hydrogens (tertiary/aromatic N) is 4. The first-order valence-corrected chi connectivity index (χ1v) is 12.0. The minimum absolute atomic E-state index is 0.0205. The molecule has 1 saturated heterocycles. The number of amides is 4. The summed E-state index contributed by atoms with van der Waals surface area (Å²) in [5.74, 6) is -0.874. The molecule has 1 saturated carbocycles. The van der Waals surface area contributed by atoms with Crippen molar-refractivity contribution < 1.29 is 41.6 Å².